The summed E-state index contributed by atoms with van der Waals surface area (Å²) in [4.78, 5) is 4.80. The lowest BCUT2D eigenvalue weighted by molar-refractivity contribution is 0.660. The summed E-state index contributed by atoms with van der Waals surface area (Å²) in [6.45, 7) is 6.93. The van der Waals surface area contributed by atoms with E-state index in [4.69, 9.17) is 0 Å². The molecular weight excluding hydrogens is 797 g/mol. The third-order valence-electron chi connectivity index (χ3n) is 13.3. The first-order chi connectivity index (χ1) is 32.4. The van der Waals surface area contributed by atoms with Crippen LogP contribution in [0.5, 0.6) is 0 Å². The number of nitrogens with zero attached hydrogens (tertiary/aromatic N) is 2. The first-order valence-corrected chi connectivity index (χ1v) is 22.9. The van der Waals surface area contributed by atoms with Gasteiger partial charge in [-0.05, 0) is 152 Å². The summed E-state index contributed by atoms with van der Waals surface area (Å²) in [7, 11) is 0. The lowest BCUT2D eigenvalue weighted by atomic mass is 9.82. The smallest absolute Gasteiger partial charge is 0.0465 e. The van der Waals surface area contributed by atoms with E-state index in [1.165, 1.54) is 72.3 Å². The summed E-state index contributed by atoms with van der Waals surface area (Å²) < 4.78 is 0. The predicted octanol–water partition coefficient (Wildman–Crippen LogP) is 17.9. The highest BCUT2D eigenvalue weighted by molar-refractivity contribution is 5.89. The van der Waals surface area contributed by atoms with Gasteiger partial charge in [-0.2, -0.15) is 0 Å². The second-order valence-electron chi connectivity index (χ2n) is 17.9. The molecule has 0 fully saturated rings. The molecule has 2 nitrogen and oxygen atoms in total. The number of benzene rings is 10. The Kier molecular flexibility index (Phi) is 10.5. The van der Waals surface area contributed by atoms with Crippen molar-refractivity contribution in [3.05, 3.63) is 265 Å². The maximum Gasteiger partial charge on any atom is 0.0465 e. The van der Waals surface area contributed by atoms with Crippen LogP contribution in [-0.2, 0) is 5.41 Å². The van der Waals surface area contributed by atoms with E-state index in [2.05, 4.69) is 279 Å². The molecule has 0 N–H and O–H groups in total. The van der Waals surface area contributed by atoms with Crippen LogP contribution in [0.1, 0.15) is 30.5 Å². The van der Waals surface area contributed by atoms with Crippen LogP contribution in [0.2, 0.25) is 0 Å². The van der Waals surface area contributed by atoms with Crippen LogP contribution in [0.25, 0.3) is 55.6 Å². The van der Waals surface area contributed by atoms with Crippen molar-refractivity contribution in [2.24, 2.45) is 0 Å². The summed E-state index contributed by atoms with van der Waals surface area (Å²) in [5, 5.41) is 0. The Hall–Kier alpha value is -8.20. The van der Waals surface area contributed by atoms with Crippen molar-refractivity contribution in [1.29, 1.82) is 0 Å². The molecule has 0 spiro atoms. The molecule has 0 radical (unpaired) electrons. The maximum absolute atomic E-state index is 2.43. The van der Waals surface area contributed by atoms with E-state index >= 15 is 0 Å². The van der Waals surface area contributed by atoms with Crippen molar-refractivity contribution in [2.75, 3.05) is 9.80 Å². The molecule has 1 aliphatic rings. The topological polar surface area (TPSA) is 6.48 Å². The van der Waals surface area contributed by atoms with Gasteiger partial charge >= 0.3 is 0 Å². The molecule has 0 aliphatic heterocycles. The van der Waals surface area contributed by atoms with Gasteiger partial charge < -0.3 is 9.80 Å². The van der Waals surface area contributed by atoms with Gasteiger partial charge in [0.2, 0.25) is 0 Å². The molecule has 0 saturated carbocycles. The predicted molar refractivity (Wildman–Crippen MR) is 280 cm³/mol. The molecule has 2 heteroatoms. The normalized spacial score (nSPS) is 12.3. The number of rotatable bonds is 10. The molecule has 10 aromatic carbocycles. The lowest BCUT2D eigenvalue weighted by Gasteiger charge is -2.29. The van der Waals surface area contributed by atoms with Gasteiger partial charge in [-0.15, -0.1) is 0 Å². The van der Waals surface area contributed by atoms with Crippen molar-refractivity contribution < 1.29 is 0 Å². The van der Waals surface area contributed by atoms with Gasteiger partial charge in [-0.25, -0.2) is 0 Å². The third kappa shape index (κ3) is 7.67. The van der Waals surface area contributed by atoms with Gasteiger partial charge in [0.1, 0.15) is 0 Å². The van der Waals surface area contributed by atoms with E-state index in [0.717, 1.165) is 34.1 Å². The Morgan fingerprint density at radius 1 is 0.258 bits per heavy atom. The van der Waals surface area contributed by atoms with Crippen molar-refractivity contribution in [1.82, 2.24) is 0 Å². The Morgan fingerprint density at radius 2 is 0.545 bits per heavy atom. The van der Waals surface area contributed by atoms with Crippen molar-refractivity contribution in [3.8, 4) is 55.6 Å². The molecule has 0 atom stereocenters. The Balaban J connectivity index is 0.948. The summed E-state index contributed by atoms with van der Waals surface area (Å²) in [5.41, 5.74) is 22.6. The van der Waals surface area contributed by atoms with E-state index < -0.39 is 0 Å². The van der Waals surface area contributed by atoms with Crippen LogP contribution < -0.4 is 9.80 Å². The zero-order valence-corrected chi connectivity index (χ0v) is 37.6. The van der Waals surface area contributed by atoms with E-state index in [-0.39, 0.29) is 5.41 Å². The molecule has 0 amide bonds. The quantitative estimate of drug-likeness (QED) is 0.135. The molecule has 66 heavy (non-hydrogen) atoms. The number of anilines is 6. The first kappa shape index (κ1) is 40.6. The minimum absolute atomic E-state index is 0.259. The molecule has 0 saturated heterocycles. The fraction of sp³-hybridized carbons (Fsp3) is 0.0625. The maximum atomic E-state index is 2.43. The van der Waals surface area contributed by atoms with E-state index in [9.17, 15) is 0 Å². The monoisotopic (exact) mass is 846 g/mol. The molecule has 11 rings (SSSR count). The summed E-state index contributed by atoms with van der Waals surface area (Å²) >= 11 is 0. The van der Waals surface area contributed by atoms with Crippen molar-refractivity contribution in [3.63, 3.8) is 0 Å². The van der Waals surface area contributed by atoms with Crippen LogP contribution in [0.4, 0.5) is 34.1 Å². The SMILES string of the molecule is Cc1cccc(N(c2ccc(-c3ccc(-c4ccccc4)cc3)cc2)c2ccc3c(c2)C(C)(C)c2cc(N(c4ccc(-c5ccccc5)cc4)c4ccc(-c5ccccc5)cc4)ccc2-3)c1. The highest BCUT2D eigenvalue weighted by Gasteiger charge is 2.37. The number of hydrogen-bond acceptors (Lipinski definition) is 2. The first-order valence-electron chi connectivity index (χ1n) is 22.9. The molecular formula is C64H50N2. The number of fused-ring (bicyclic) bond motifs is 3. The van der Waals surface area contributed by atoms with Crippen LogP contribution >= 0.6 is 0 Å². The zero-order chi connectivity index (χ0) is 44.6. The second kappa shape index (κ2) is 17.1. The van der Waals surface area contributed by atoms with Crippen molar-refractivity contribution >= 4 is 34.1 Å². The van der Waals surface area contributed by atoms with Crippen molar-refractivity contribution in [2.45, 2.75) is 26.2 Å². The molecule has 316 valence electrons. The molecule has 0 heterocycles. The minimum Gasteiger partial charge on any atom is -0.310 e. The molecule has 0 unspecified atom stereocenters. The zero-order valence-electron chi connectivity index (χ0n) is 37.6. The number of aryl methyl sites for hydroxylation is 1. The minimum atomic E-state index is -0.259. The van der Waals surface area contributed by atoms with Crippen LogP contribution in [0.3, 0.4) is 0 Å². The van der Waals surface area contributed by atoms with Gasteiger partial charge in [0.05, 0.1) is 0 Å². The fourth-order valence-corrected chi connectivity index (χ4v) is 9.81. The lowest BCUT2D eigenvalue weighted by Crippen LogP contribution is -2.17. The van der Waals surface area contributed by atoms with Gasteiger partial charge in [0.15, 0.2) is 0 Å². The highest BCUT2D eigenvalue weighted by Crippen LogP contribution is 2.52. The summed E-state index contributed by atoms with van der Waals surface area (Å²) in [5.74, 6) is 0. The Bertz CT molecular complexity index is 3200. The van der Waals surface area contributed by atoms with E-state index in [0.29, 0.717) is 0 Å². The average molecular weight is 847 g/mol. The molecule has 0 aromatic heterocycles. The molecule has 10 aromatic rings. The highest BCUT2D eigenvalue weighted by atomic mass is 15.1. The van der Waals surface area contributed by atoms with Gasteiger partial charge in [0, 0.05) is 39.5 Å². The standard InChI is InChI=1S/C64H50N2/c1-45-14-13-21-57(42-45)66(56-36-30-53(31-37-56)50-24-22-49(23-25-50)46-15-7-4-8-16-46)59-39-41-61-60-40-38-58(43-62(60)64(2,3)63(61)44-59)65(54-32-26-51(27-33-54)47-17-9-5-10-18-47)55-34-28-52(29-35-55)48-19-11-6-12-20-48/h4-44H,1-3H3. The summed E-state index contributed by atoms with van der Waals surface area (Å²) in [6.07, 6.45) is 0. The second-order valence-corrected chi connectivity index (χ2v) is 17.9. The molecule has 1 aliphatic carbocycles. The van der Waals surface area contributed by atoms with E-state index in [1.807, 2.05) is 0 Å². The van der Waals surface area contributed by atoms with Gasteiger partial charge in [-0.3, -0.25) is 0 Å². The third-order valence-corrected chi connectivity index (χ3v) is 13.3. The fourth-order valence-electron chi connectivity index (χ4n) is 9.81. The van der Waals surface area contributed by atoms with Gasteiger partial charge in [-0.1, -0.05) is 190 Å². The van der Waals surface area contributed by atoms with Gasteiger partial charge in [0.25, 0.3) is 0 Å². The number of hydrogen-bond donors (Lipinski definition) is 0. The van der Waals surface area contributed by atoms with E-state index in [1.54, 1.807) is 0 Å². The summed E-state index contributed by atoms with van der Waals surface area (Å²) in [6, 6.07) is 90.6. The Labute approximate surface area is 389 Å². The largest absolute Gasteiger partial charge is 0.310 e. The van der Waals surface area contributed by atoms with Crippen LogP contribution in [-0.4, -0.2) is 0 Å². The Morgan fingerprint density at radius 3 is 0.894 bits per heavy atom. The molecule has 0 bridgehead atoms. The average Bonchev–Trinajstić information content (AvgIpc) is 3.60. The van der Waals surface area contributed by atoms with Crippen LogP contribution in [0, 0.1) is 6.92 Å². The van der Waals surface area contributed by atoms with Crippen LogP contribution in [0.15, 0.2) is 249 Å².